The van der Waals surface area contributed by atoms with E-state index in [0.717, 1.165) is 17.5 Å². The molecule has 1 atom stereocenters. The van der Waals surface area contributed by atoms with Gasteiger partial charge in [-0.15, -0.1) is 0 Å². The van der Waals surface area contributed by atoms with Crippen molar-refractivity contribution >= 4 is 5.82 Å². The Bertz CT molecular complexity index is 286. The molecule has 0 fully saturated rings. The SMILES string of the molecule is COC(C)Cc1cc(C)cnc1N. The predicted molar refractivity (Wildman–Crippen MR) is 53.6 cm³/mol. The van der Waals surface area contributed by atoms with Crippen molar-refractivity contribution in [3.8, 4) is 0 Å². The van der Waals surface area contributed by atoms with Crippen LogP contribution in [0.5, 0.6) is 0 Å². The molecule has 1 heterocycles. The van der Waals surface area contributed by atoms with Gasteiger partial charge in [-0.05, 0) is 25.0 Å². The van der Waals surface area contributed by atoms with E-state index in [1.54, 1.807) is 13.3 Å². The van der Waals surface area contributed by atoms with Crippen LogP contribution >= 0.6 is 0 Å². The van der Waals surface area contributed by atoms with Crippen LogP contribution in [0.15, 0.2) is 12.3 Å². The van der Waals surface area contributed by atoms with Gasteiger partial charge in [-0.2, -0.15) is 0 Å². The molecule has 0 aliphatic rings. The number of methoxy groups -OCH3 is 1. The van der Waals surface area contributed by atoms with Gasteiger partial charge in [0.05, 0.1) is 6.10 Å². The van der Waals surface area contributed by atoms with Crippen LogP contribution in [-0.2, 0) is 11.2 Å². The largest absolute Gasteiger partial charge is 0.383 e. The first-order chi connectivity index (χ1) is 6.13. The molecular formula is C10H16N2O. The summed E-state index contributed by atoms with van der Waals surface area (Å²) in [6.45, 7) is 4.02. The molecule has 1 unspecified atom stereocenters. The van der Waals surface area contributed by atoms with Crippen molar-refractivity contribution in [3.63, 3.8) is 0 Å². The third kappa shape index (κ3) is 2.70. The van der Waals surface area contributed by atoms with Gasteiger partial charge in [0.2, 0.25) is 0 Å². The normalized spacial score (nSPS) is 12.8. The maximum absolute atomic E-state index is 5.73. The number of anilines is 1. The van der Waals surface area contributed by atoms with Gasteiger partial charge in [0, 0.05) is 19.7 Å². The number of ether oxygens (including phenoxy) is 1. The Morgan fingerprint density at radius 1 is 1.62 bits per heavy atom. The highest BCUT2D eigenvalue weighted by molar-refractivity contribution is 5.40. The lowest BCUT2D eigenvalue weighted by Gasteiger charge is -2.11. The smallest absolute Gasteiger partial charge is 0.126 e. The first-order valence-corrected chi connectivity index (χ1v) is 4.37. The van der Waals surface area contributed by atoms with Gasteiger partial charge < -0.3 is 10.5 Å². The quantitative estimate of drug-likeness (QED) is 0.767. The lowest BCUT2D eigenvalue weighted by Crippen LogP contribution is -2.11. The molecule has 0 aliphatic carbocycles. The Morgan fingerprint density at radius 3 is 2.92 bits per heavy atom. The maximum atomic E-state index is 5.73. The van der Waals surface area contributed by atoms with Crippen molar-refractivity contribution in [1.82, 2.24) is 4.98 Å². The number of nitrogens with zero attached hydrogens (tertiary/aromatic N) is 1. The number of nitrogen functional groups attached to an aromatic ring is 1. The molecule has 0 bridgehead atoms. The average Bonchev–Trinajstić information content (AvgIpc) is 2.11. The van der Waals surface area contributed by atoms with Crippen LogP contribution in [0.3, 0.4) is 0 Å². The fourth-order valence-electron chi connectivity index (χ4n) is 1.20. The number of aryl methyl sites for hydroxylation is 1. The van der Waals surface area contributed by atoms with Gasteiger partial charge in [-0.25, -0.2) is 4.98 Å². The zero-order chi connectivity index (χ0) is 9.84. The van der Waals surface area contributed by atoms with Gasteiger partial charge in [-0.1, -0.05) is 6.07 Å². The molecule has 1 aromatic heterocycles. The van der Waals surface area contributed by atoms with Crippen LogP contribution < -0.4 is 5.73 Å². The van der Waals surface area contributed by atoms with Crippen molar-refractivity contribution in [2.75, 3.05) is 12.8 Å². The monoisotopic (exact) mass is 180 g/mol. The minimum absolute atomic E-state index is 0.186. The van der Waals surface area contributed by atoms with Crippen molar-refractivity contribution < 1.29 is 4.74 Å². The molecule has 0 radical (unpaired) electrons. The van der Waals surface area contributed by atoms with Crippen LogP contribution in [0.1, 0.15) is 18.1 Å². The summed E-state index contributed by atoms with van der Waals surface area (Å²) in [5, 5.41) is 0. The summed E-state index contributed by atoms with van der Waals surface area (Å²) in [7, 11) is 1.70. The first kappa shape index (κ1) is 9.99. The highest BCUT2D eigenvalue weighted by atomic mass is 16.5. The summed E-state index contributed by atoms with van der Waals surface area (Å²) in [5.41, 5.74) is 7.92. The third-order valence-corrected chi connectivity index (χ3v) is 2.05. The second-order valence-corrected chi connectivity index (χ2v) is 3.31. The summed E-state index contributed by atoms with van der Waals surface area (Å²) < 4.78 is 5.17. The standard InChI is InChI=1S/C10H16N2O/c1-7-4-9(5-8(2)13-3)10(11)12-6-7/h4,6,8H,5H2,1-3H3,(H2,11,12). The van der Waals surface area contributed by atoms with Gasteiger partial charge in [0.1, 0.15) is 5.82 Å². The predicted octanol–water partition coefficient (Wildman–Crippen LogP) is 1.55. The molecule has 0 amide bonds. The number of nitrogens with two attached hydrogens (primary N) is 1. The van der Waals surface area contributed by atoms with E-state index in [0.29, 0.717) is 5.82 Å². The molecule has 0 spiro atoms. The second kappa shape index (κ2) is 4.23. The van der Waals surface area contributed by atoms with Crippen molar-refractivity contribution in [2.45, 2.75) is 26.4 Å². The Kier molecular flexibility index (Phi) is 3.25. The number of pyridine rings is 1. The van der Waals surface area contributed by atoms with E-state index in [1.165, 1.54) is 0 Å². The Morgan fingerprint density at radius 2 is 2.31 bits per heavy atom. The van der Waals surface area contributed by atoms with Crippen molar-refractivity contribution in [2.24, 2.45) is 0 Å². The van der Waals surface area contributed by atoms with E-state index in [2.05, 4.69) is 11.1 Å². The summed E-state index contributed by atoms with van der Waals surface area (Å²) in [6, 6.07) is 2.05. The van der Waals surface area contributed by atoms with Crippen molar-refractivity contribution in [3.05, 3.63) is 23.4 Å². The molecule has 0 saturated heterocycles. The minimum atomic E-state index is 0.186. The van der Waals surface area contributed by atoms with Gasteiger partial charge >= 0.3 is 0 Å². The summed E-state index contributed by atoms with van der Waals surface area (Å²) in [5.74, 6) is 0.606. The van der Waals surface area contributed by atoms with Crippen LogP contribution in [0.2, 0.25) is 0 Å². The molecule has 13 heavy (non-hydrogen) atoms. The van der Waals surface area contributed by atoms with Crippen LogP contribution in [0.25, 0.3) is 0 Å². The Balaban J connectivity index is 2.81. The van der Waals surface area contributed by atoms with Crippen LogP contribution in [-0.4, -0.2) is 18.2 Å². The van der Waals surface area contributed by atoms with Crippen molar-refractivity contribution in [1.29, 1.82) is 0 Å². The molecule has 0 saturated carbocycles. The van der Waals surface area contributed by atoms with E-state index in [9.17, 15) is 0 Å². The Labute approximate surface area is 78.9 Å². The highest BCUT2D eigenvalue weighted by Crippen LogP contribution is 2.13. The lowest BCUT2D eigenvalue weighted by molar-refractivity contribution is 0.119. The van der Waals surface area contributed by atoms with E-state index < -0.39 is 0 Å². The van der Waals surface area contributed by atoms with E-state index in [1.807, 2.05) is 13.8 Å². The van der Waals surface area contributed by atoms with Gasteiger partial charge in [0.15, 0.2) is 0 Å². The fraction of sp³-hybridized carbons (Fsp3) is 0.500. The fourth-order valence-corrected chi connectivity index (χ4v) is 1.20. The lowest BCUT2D eigenvalue weighted by atomic mass is 10.1. The topological polar surface area (TPSA) is 48.1 Å². The van der Waals surface area contributed by atoms with Gasteiger partial charge in [-0.3, -0.25) is 0 Å². The summed E-state index contributed by atoms with van der Waals surface area (Å²) >= 11 is 0. The zero-order valence-electron chi connectivity index (χ0n) is 8.37. The zero-order valence-corrected chi connectivity index (χ0v) is 8.37. The molecule has 1 rings (SSSR count). The first-order valence-electron chi connectivity index (χ1n) is 4.37. The molecule has 0 aromatic carbocycles. The molecular weight excluding hydrogens is 164 g/mol. The van der Waals surface area contributed by atoms with E-state index in [4.69, 9.17) is 10.5 Å². The summed E-state index contributed by atoms with van der Waals surface area (Å²) in [6.07, 6.45) is 2.78. The molecule has 3 heteroatoms. The molecule has 1 aromatic rings. The number of hydrogen-bond acceptors (Lipinski definition) is 3. The summed E-state index contributed by atoms with van der Waals surface area (Å²) in [4.78, 5) is 4.09. The second-order valence-electron chi connectivity index (χ2n) is 3.31. The molecule has 0 aliphatic heterocycles. The number of aromatic nitrogens is 1. The maximum Gasteiger partial charge on any atom is 0.126 e. The molecule has 2 N–H and O–H groups in total. The van der Waals surface area contributed by atoms with Gasteiger partial charge in [0.25, 0.3) is 0 Å². The number of rotatable bonds is 3. The molecule has 72 valence electrons. The average molecular weight is 180 g/mol. The number of hydrogen-bond donors (Lipinski definition) is 1. The highest BCUT2D eigenvalue weighted by Gasteiger charge is 2.05. The van der Waals surface area contributed by atoms with Crippen LogP contribution in [0, 0.1) is 6.92 Å². The van der Waals surface area contributed by atoms with E-state index in [-0.39, 0.29) is 6.10 Å². The minimum Gasteiger partial charge on any atom is -0.383 e. The molecule has 3 nitrogen and oxygen atoms in total. The third-order valence-electron chi connectivity index (χ3n) is 2.05. The van der Waals surface area contributed by atoms with Crippen LogP contribution in [0.4, 0.5) is 5.82 Å². The Hall–Kier alpha value is -1.09. The van der Waals surface area contributed by atoms with E-state index >= 15 is 0 Å².